The van der Waals surface area contributed by atoms with E-state index in [2.05, 4.69) is 0 Å². The molecule has 0 amide bonds. The van der Waals surface area contributed by atoms with Gasteiger partial charge in [0.1, 0.15) is 0 Å². The monoisotopic (exact) mass is 188 g/mol. The third kappa shape index (κ3) is 0.873. The van der Waals surface area contributed by atoms with Gasteiger partial charge in [-0.2, -0.15) is 0 Å². The van der Waals surface area contributed by atoms with Crippen molar-refractivity contribution in [2.24, 2.45) is 5.92 Å². The SMILES string of the molecule is O[C@H]1[C@@H]2C=C[C@H]1c1ccccc1[C@H]2O. The highest BCUT2D eigenvalue weighted by atomic mass is 16.3. The normalized spacial score (nSPS) is 38.4. The van der Waals surface area contributed by atoms with E-state index in [1.54, 1.807) is 0 Å². The van der Waals surface area contributed by atoms with Gasteiger partial charge >= 0.3 is 0 Å². The van der Waals surface area contributed by atoms with Crippen LogP contribution in [0.15, 0.2) is 36.4 Å². The highest BCUT2D eigenvalue weighted by molar-refractivity contribution is 5.43. The summed E-state index contributed by atoms with van der Waals surface area (Å²) in [5.74, 6) is -0.0329. The summed E-state index contributed by atoms with van der Waals surface area (Å²) in [5.41, 5.74) is 2.04. The fraction of sp³-hybridized carbons (Fsp3) is 0.333. The van der Waals surface area contributed by atoms with Crippen molar-refractivity contribution in [1.29, 1.82) is 0 Å². The maximum Gasteiger partial charge on any atom is 0.0880 e. The minimum Gasteiger partial charge on any atom is -0.391 e. The molecule has 0 heterocycles. The molecule has 1 aromatic rings. The smallest absolute Gasteiger partial charge is 0.0880 e. The van der Waals surface area contributed by atoms with E-state index >= 15 is 0 Å². The van der Waals surface area contributed by atoms with Crippen LogP contribution in [0.1, 0.15) is 23.1 Å². The van der Waals surface area contributed by atoms with E-state index in [1.165, 1.54) is 0 Å². The maximum absolute atomic E-state index is 10.0. The lowest BCUT2D eigenvalue weighted by atomic mass is 9.78. The Morgan fingerprint density at radius 1 is 0.929 bits per heavy atom. The van der Waals surface area contributed by atoms with Gasteiger partial charge in [0, 0.05) is 11.8 Å². The standard InChI is InChI=1S/C12H12O2/c13-11-8-4-2-1-3-7(8)9-5-6-10(11)12(9)14/h1-6,9-14H/t9-,10+,11+,12+/m0/s1. The zero-order chi connectivity index (χ0) is 9.71. The molecule has 2 nitrogen and oxygen atoms in total. The number of aliphatic hydroxyl groups is 2. The number of benzene rings is 1. The first kappa shape index (κ1) is 8.21. The van der Waals surface area contributed by atoms with Crippen LogP contribution < -0.4 is 0 Å². The van der Waals surface area contributed by atoms with Crippen LogP contribution in [-0.2, 0) is 0 Å². The van der Waals surface area contributed by atoms with Crippen molar-refractivity contribution in [3.05, 3.63) is 47.5 Å². The summed E-state index contributed by atoms with van der Waals surface area (Å²) in [6.45, 7) is 0. The van der Waals surface area contributed by atoms with Gasteiger partial charge in [-0.3, -0.25) is 0 Å². The van der Waals surface area contributed by atoms with Gasteiger partial charge in [0.15, 0.2) is 0 Å². The van der Waals surface area contributed by atoms with Crippen LogP contribution in [0.3, 0.4) is 0 Å². The van der Waals surface area contributed by atoms with Crippen molar-refractivity contribution in [3.63, 3.8) is 0 Å². The van der Waals surface area contributed by atoms with Crippen molar-refractivity contribution >= 4 is 0 Å². The van der Waals surface area contributed by atoms with Crippen molar-refractivity contribution < 1.29 is 10.2 Å². The molecule has 0 spiro atoms. The van der Waals surface area contributed by atoms with Crippen molar-refractivity contribution in [2.45, 2.75) is 18.1 Å². The van der Waals surface area contributed by atoms with Gasteiger partial charge in [-0.15, -0.1) is 0 Å². The predicted octanol–water partition coefficient (Wildman–Crippen LogP) is 1.36. The molecule has 0 aromatic heterocycles. The number of hydrogen-bond donors (Lipinski definition) is 2. The molecule has 2 N–H and O–H groups in total. The molecule has 2 aliphatic carbocycles. The Morgan fingerprint density at radius 2 is 1.64 bits per heavy atom. The molecule has 3 rings (SSSR count). The molecular weight excluding hydrogens is 176 g/mol. The second-order valence-corrected chi connectivity index (χ2v) is 4.05. The molecule has 0 aliphatic heterocycles. The average molecular weight is 188 g/mol. The van der Waals surface area contributed by atoms with E-state index in [4.69, 9.17) is 0 Å². The van der Waals surface area contributed by atoms with Crippen LogP contribution in [0, 0.1) is 5.92 Å². The van der Waals surface area contributed by atoms with Crippen LogP contribution in [0.4, 0.5) is 0 Å². The van der Waals surface area contributed by atoms with Gasteiger partial charge in [-0.25, -0.2) is 0 Å². The molecule has 0 saturated carbocycles. The van der Waals surface area contributed by atoms with E-state index in [-0.39, 0.29) is 11.8 Å². The van der Waals surface area contributed by atoms with E-state index in [9.17, 15) is 10.2 Å². The van der Waals surface area contributed by atoms with E-state index in [0.717, 1.165) is 11.1 Å². The van der Waals surface area contributed by atoms with E-state index < -0.39 is 12.2 Å². The van der Waals surface area contributed by atoms with Crippen LogP contribution in [0.25, 0.3) is 0 Å². The van der Waals surface area contributed by atoms with Crippen LogP contribution in [0.2, 0.25) is 0 Å². The van der Waals surface area contributed by atoms with E-state index in [0.29, 0.717) is 0 Å². The Bertz CT molecular complexity index is 397. The van der Waals surface area contributed by atoms with Crippen LogP contribution in [-0.4, -0.2) is 16.3 Å². The number of fused-ring (bicyclic) bond motifs is 4. The molecule has 14 heavy (non-hydrogen) atoms. The summed E-state index contributed by atoms with van der Waals surface area (Å²) in [5, 5.41) is 19.9. The van der Waals surface area contributed by atoms with Gasteiger partial charge in [0.25, 0.3) is 0 Å². The van der Waals surface area contributed by atoms with Crippen molar-refractivity contribution in [2.75, 3.05) is 0 Å². The molecule has 0 saturated heterocycles. The minimum atomic E-state index is -0.545. The summed E-state index contributed by atoms with van der Waals surface area (Å²) in [4.78, 5) is 0. The lowest BCUT2D eigenvalue weighted by molar-refractivity contribution is 0.0251. The molecule has 2 bridgehead atoms. The first-order valence-corrected chi connectivity index (χ1v) is 4.92. The molecule has 4 atom stereocenters. The molecule has 2 heteroatoms. The Morgan fingerprint density at radius 3 is 2.43 bits per heavy atom. The average Bonchev–Trinajstić information content (AvgIpc) is 2.51. The second-order valence-electron chi connectivity index (χ2n) is 4.05. The topological polar surface area (TPSA) is 40.5 Å². The van der Waals surface area contributed by atoms with Gasteiger partial charge in [0.05, 0.1) is 12.2 Å². The highest BCUT2D eigenvalue weighted by Crippen LogP contribution is 2.46. The zero-order valence-electron chi connectivity index (χ0n) is 7.67. The third-order valence-electron chi connectivity index (χ3n) is 3.34. The second kappa shape index (κ2) is 2.69. The molecule has 1 aromatic carbocycles. The fourth-order valence-electron chi connectivity index (χ4n) is 2.59. The van der Waals surface area contributed by atoms with Crippen molar-refractivity contribution in [1.82, 2.24) is 0 Å². The van der Waals surface area contributed by atoms with Crippen molar-refractivity contribution in [3.8, 4) is 0 Å². The number of rotatable bonds is 0. The van der Waals surface area contributed by atoms with Gasteiger partial charge in [0.2, 0.25) is 0 Å². The predicted molar refractivity (Wildman–Crippen MR) is 52.8 cm³/mol. The summed E-state index contributed by atoms with van der Waals surface area (Å²) in [6.07, 6.45) is 2.95. The quantitative estimate of drug-likeness (QED) is 0.603. The molecule has 0 unspecified atom stereocenters. The third-order valence-corrected chi connectivity index (χ3v) is 3.34. The number of aliphatic hydroxyl groups excluding tert-OH is 2. The summed E-state index contributed by atoms with van der Waals surface area (Å²) in [6, 6.07) is 7.81. The summed E-state index contributed by atoms with van der Waals surface area (Å²) < 4.78 is 0. The largest absolute Gasteiger partial charge is 0.391 e. The maximum atomic E-state index is 10.0. The summed E-state index contributed by atoms with van der Waals surface area (Å²) >= 11 is 0. The van der Waals surface area contributed by atoms with Crippen LogP contribution in [0.5, 0.6) is 0 Å². The molecule has 0 radical (unpaired) electrons. The fourth-order valence-corrected chi connectivity index (χ4v) is 2.59. The lowest BCUT2D eigenvalue weighted by Gasteiger charge is -2.32. The first-order valence-electron chi connectivity index (χ1n) is 4.92. The van der Waals surface area contributed by atoms with E-state index in [1.807, 2.05) is 36.4 Å². The van der Waals surface area contributed by atoms with Gasteiger partial charge < -0.3 is 10.2 Å². The Kier molecular flexibility index (Phi) is 1.58. The Hall–Kier alpha value is -1.12. The number of hydrogen-bond acceptors (Lipinski definition) is 2. The Labute approximate surface area is 82.5 Å². The van der Waals surface area contributed by atoms with Gasteiger partial charge in [-0.05, 0) is 11.1 Å². The molecule has 72 valence electrons. The highest BCUT2D eigenvalue weighted by Gasteiger charge is 2.42. The minimum absolute atomic E-state index is 0.0830. The first-order chi connectivity index (χ1) is 6.79. The van der Waals surface area contributed by atoms with Crippen LogP contribution >= 0.6 is 0 Å². The molecule has 2 aliphatic rings. The lowest BCUT2D eigenvalue weighted by Crippen LogP contribution is -2.31. The van der Waals surface area contributed by atoms with Gasteiger partial charge in [-0.1, -0.05) is 36.4 Å². The Balaban J connectivity index is 2.21. The zero-order valence-corrected chi connectivity index (χ0v) is 7.67. The summed E-state index contributed by atoms with van der Waals surface area (Å²) in [7, 11) is 0. The molecular formula is C12H12O2. The molecule has 0 fully saturated rings.